The van der Waals surface area contributed by atoms with Gasteiger partial charge in [0.15, 0.2) is 0 Å². The van der Waals surface area contributed by atoms with Crippen molar-refractivity contribution < 1.29 is 8.42 Å². The fraction of sp³-hybridized carbons (Fsp3) is 0.467. The summed E-state index contributed by atoms with van der Waals surface area (Å²) in [4.78, 5) is 14.8. The number of sulfonamides is 1. The summed E-state index contributed by atoms with van der Waals surface area (Å²) in [6.07, 6.45) is 10.6. The van der Waals surface area contributed by atoms with Crippen molar-refractivity contribution in [2.45, 2.75) is 44.7 Å². The van der Waals surface area contributed by atoms with E-state index >= 15 is 0 Å². The number of nitrogens with zero attached hydrogens (tertiary/aromatic N) is 5. The maximum Gasteiger partial charge on any atom is 0.211 e. The van der Waals surface area contributed by atoms with E-state index in [0.29, 0.717) is 19.1 Å². The molecular formula is C30H37N5O2S. The van der Waals surface area contributed by atoms with Crippen molar-refractivity contribution in [1.82, 2.24) is 24.1 Å². The lowest BCUT2D eigenvalue weighted by atomic mass is 9.90. The molecule has 38 heavy (non-hydrogen) atoms. The molecule has 0 amide bonds. The van der Waals surface area contributed by atoms with Crippen LogP contribution in [0.5, 0.6) is 0 Å². The molecule has 2 aliphatic carbocycles. The first-order valence-corrected chi connectivity index (χ1v) is 15.7. The SMILES string of the molecule is CS(=O)(=O)N1CCN(CCCN(Cc2nccc3c2Cc2ccccc2-3)C2CCCc3cccnc32)CC1. The predicted octanol–water partition coefficient (Wildman–Crippen LogP) is 3.89. The number of hydrogen-bond acceptors (Lipinski definition) is 6. The largest absolute Gasteiger partial charge is 0.301 e. The van der Waals surface area contributed by atoms with Gasteiger partial charge >= 0.3 is 0 Å². The first-order chi connectivity index (χ1) is 18.5. The normalized spacial score (nSPS) is 19.8. The van der Waals surface area contributed by atoms with Gasteiger partial charge in [-0.2, -0.15) is 4.31 Å². The van der Waals surface area contributed by atoms with Crippen LogP contribution in [0.4, 0.5) is 0 Å². The Morgan fingerprint density at radius 2 is 1.76 bits per heavy atom. The molecule has 1 unspecified atom stereocenters. The summed E-state index contributed by atoms with van der Waals surface area (Å²) in [5.41, 5.74) is 9.23. The molecule has 0 spiro atoms. The van der Waals surface area contributed by atoms with Crippen molar-refractivity contribution >= 4 is 10.0 Å². The summed E-state index contributed by atoms with van der Waals surface area (Å²) < 4.78 is 25.4. The van der Waals surface area contributed by atoms with E-state index < -0.39 is 10.0 Å². The third kappa shape index (κ3) is 5.27. The molecule has 6 rings (SSSR count). The lowest BCUT2D eigenvalue weighted by Gasteiger charge is -2.36. The number of aromatic nitrogens is 2. The number of rotatable bonds is 8. The van der Waals surface area contributed by atoms with Crippen molar-refractivity contribution in [3.63, 3.8) is 0 Å². The van der Waals surface area contributed by atoms with E-state index in [2.05, 4.69) is 52.3 Å². The van der Waals surface area contributed by atoms with Crippen molar-refractivity contribution in [1.29, 1.82) is 0 Å². The Morgan fingerprint density at radius 1 is 0.947 bits per heavy atom. The van der Waals surface area contributed by atoms with Crippen LogP contribution in [0.1, 0.15) is 53.4 Å². The smallest absolute Gasteiger partial charge is 0.211 e. The van der Waals surface area contributed by atoms with E-state index in [1.807, 2.05) is 12.4 Å². The van der Waals surface area contributed by atoms with E-state index in [4.69, 9.17) is 9.97 Å². The van der Waals surface area contributed by atoms with E-state index in [1.165, 1.54) is 51.9 Å². The molecule has 8 heteroatoms. The minimum absolute atomic E-state index is 0.295. The predicted molar refractivity (Wildman–Crippen MR) is 150 cm³/mol. The van der Waals surface area contributed by atoms with Crippen LogP contribution in [0.3, 0.4) is 0 Å². The molecule has 1 fully saturated rings. The highest BCUT2D eigenvalue weighted by Gasteiger charge is 2.30. The van der Waals surface area contributed by atoms with Crippen LogP contribution in [-0.2, 0) is 29.4 Å². The van der Waals surface area contributed by atoms with Crippen molar-refractivity contribution in [2.75, 3.05) is 45.5 Å². The third-order valence-electron chi connectivity index (χ3n) is 8.50. The van der Waals surface area contributed by atoms with Gasteiger partial charge in [-0.25, -0.2) is 8.42 Å². The Bertz CT molecular complexity index is 1400. The van der Waals surface area contributed by atoms with Gasteiger partial charge in [-0.1, -0.05) is 30.3 Å². The van der Waals surface area contributed by atoms with Crippen LogP contribution in [0.15, 0.2) is 54.9 Å². The fourth-order valence-electron chi connectivity index (χ4n) is 6.51. The summed E-state index contributed by atoms with van der Waals surface area (Å²) >= 11 is 0. The standard InChI is InChI=1S/C30H37N5O2S/c1-38(36,37)35-19-17-33(18-20-35)15-6-16-34(29-11-4-8-23-9-5-13-32-30(23)29)22-28-27-21-24-7-2-3-10-25(24)26(27)12-14-31-28/h2-3,5,7,9-10,12-14,29H,4,6,8,11,15-22H2,1H3. The highest BCUT2D eigenvalue weighted by molar-refractivity contribution is 7.88. The number of pyridine rings is 2. The highest BCUT2D eigenvalue weighted by Crippen LogP contribution is 2.39. The molecule has 0 N–H and O–H groups in total. The van der Waals surface area contributed by atoms with E-state index in [1.54, 1.807) is 4.31 Å². The van der Waals surface area contributed by atoms with Crippen LogP contribution in [0.25, 0.3) is 11.1 Å². The van der Waals surface area contributed by atoms with Crippen molar-refractivity contribution in [2.24, 2.45) is 0 Å². The van der Waals surface area contributed by atoms with Crippen LogP contribution < -0.4 is 0 Å². The first kappa shape index (κ1) is 25.6. The number of hydrogen-bond donors (Lipinski definition) is 0. The first-order valence-electron chi connectivity index (χ1n) is 13.9. The molecule has 3 heterocycles. The molecule has 200 valence electrons. The second-order valence-corrected chi connectivity index (χ2v) is 12.9. The van der Waals surface area contributed by atoms with Gasteiger partial charge in [0.25, 0.3) is 0 Å². The average Bonchev–Trinajstić information content (AvgIpc) is 3.32. The van der Waals surface area contributed by atoms with Crippen LogP contribution in [0.2, 0.25) is 0 Å². The van der Waals surface area contributed by atoms with Gasteiger partial charge in [0.1, 0.15) is 0 Å². The minimum atomic E-state index is -3.10. The fourth-order valence-corrected chi connectivity index (χ4v) is 7.34. The summed E-state index contributed by atoms with van der Waals surface area (Å²) in [5.74, 6) is 0. The monoisotopic (exact) mass is 531 g/mol. The molecule has 3 aliphatic rings. The zero-order valence-corrected chi connectivity index (χ0v) is 23.0. The summed E-state index contributed by atoms with van der Waals surface area (Å²) in [6, 6.07) is 15.5. The van der Waals surface area contributed by atoms with E-state index in [9.17, 15) is 8.42 Å². The molecule has 0 saturated carbocycles. The van der Waals surface area contributed by atoms with Crippen LogP contribution >= 0.6 is 0 Å². The van der Waals surface area contributed by atoms with Gasteiger partial charge < -0.3 is 4.90 Å². The number of benzene rings is 1. The maximum atomic E-state index is 11.9. The second-order valence-electron chi connectivity index (χ2n) is 10.9. The van der Waals surface area contributed by atoms with Gasteiger partial charge in [0, 0.05) is 58.1 Å². The molecule has 1 atom stereocenters. The maximum absolute atomic E-state index is 11.9. The van der Waals surface area contributed by atoms with Gasteiger partial charge in [-0.3, -0.25) is 14.9 Å². The molecule has 7 nitrogen and oxygen atoms in total. The molecule has 1 aromatic carbocycles. The lowest BCUT2D eigenvalue weighted by Crippen LogP contribution is -2.48. The Kier molecular flexibility index (Phi) is 7.31. The lowest BCUT2D eigenvalue weighted by molar-refractivity contribution is 0.139. The molecule has 2 aromatic heterocycles. The van der Waals surface area contributed by atoms with Gasteiger partial charge in [-0.15, -0.1) is 0 Å². The third-order valence-corrected chi connectivity index (χ3v) is 9.80. The molecule has 0 radical (unpaired) electrons. The van der Waals surface area contributed by atoms with Gasteiger partial charge in [0.2, 0.25) is 10.0 Å². The molecular weight excluding hydrogens is 494 g/mol. The van der Waals surface area contributed by atoms with Crippen LogP contribution in [-0.4, -0.2) is 78.0 Å². The zero-order valence-electron chi connectivity index (χ0n) is 22.2. The topological polar surface area (TPSA) is 69.6 Å². The second kappa shape index (κ2) is 10.8. The summed E-state index contributed by atoms with van der Waals surface area (Å²) in [7, 11) is -3.10. The number of piperazine rings is 1. The van der Waals surface area contributed by atoms with E-state index in [-0.39, 0.29) is 0 Å². The molecule has 0 bridgehead atoms. The highest BCUT2D eigenvalue weighted by atomic mass is 32.2. The Hall–Kier alpha value is -2.65. The summed E-state index contributed by atoms with van der Waals surface area (Å²) in [5, 5.41) is 0. The van der Waals surface area contributed by atoms with Gasteiger partial charge in [-0.05, 0) is 72.2 Å². The number of fused-ring (bicyclic) bond motifs is 4. The molecule has 1 aliphatic heterocycles. The Balaban J connectivity index is 1.20. The van der Waals surface area contributed by atoms with Crippen molar-refractivity contribution in [3.05, 3.63) is 82.9 Å². The summed E-state index contributed by atoms with van der Waals surface area (Å²) in [6.45, 7) is 5.53. The zero-order chi connectivity index (χ0) is 26.1. The molecule has 1 saturated heterocycles. The minimum Gasteiger partial charge on any atom is -0.301 e. The Morgan fingerprint density at radius 3 is 2.61 bits per heavy atom. The quantitative estimate of drug-likeness (QED) is 0.344. The average molecular weight is 532 g/mol. The van der Waals surface area contributed by atoms with Gasteiger partial charge in [0.05, 0.1) is 23.7 Å². The van der Waals surface area contributed by atoms with Crippen molar-refractivity contribution in [3.8, 4) is 11.1 Å². The van der Waals surface area contributed by atoms with E-state index in [0.717, 1.165) is 58.4 Å². The molecule has 3 aromatic rings. The number of aryl methyl sites for hydroxylation is 1. The van der Waals surface area contributed by atoms with Crippen LogP contribution in [0, 0.1) is 0 Å². The Labute approximate surface area is 226 Å².